The quantitative estimate of drug-likeness (QED) is 0.166. The molecule has 0 amide bonds. The summed E-state index contributed by atoms with van der Waals surface area (Å²) in [5.74, 6) is 0.681. The van der Waals surface area contributed by atoms with Crippen molar-refractivity contribution in [2.24, 2.45) is 0 Å². The molecule has 2 heterocycles. The molecule has 2 aliphatic carbocycles. The van der Waals surface area contributed by atoms with Crippen LogP contribution in [0.2, 0.25) is 0 Å². The highest BCUT2D eigenvalue weighted by molar-refractivity contribution is 5.90. The van der Waals surface area contributed by atoms with Crippen LogP contribution < -0.4 is 9.47 Å². The predicted octanol–water partition coefficient (Wildman–Crippen LogP) is 5.42. The smallest absolute Gasteiger partial charge is 0.311 e. The van der Waals surface area contributed by atoms with Crippen LogP contribution in [0.1, 0.15) is 102 Å². The lowest BCUT2D eigenvalue weighted by molar-refractivity contribution is -0.187. The van der Waals surface area contributed by atoms with Crippen LogP contribution in [0.15, 0.2) is 24.8 Å². The van der Waals surface area contributed by atoms with E-state index >= 15 is 0 Å². The summed E-state index contributed by atoms with van der Waals surface area (Å²) in [6.45, 7) is 7.62. The average Bonchev–Trinajstić information content (AvgIpc) is 3.24. The molecule has 1 aromatic carbocycles. The molecule has 1 spiro atoms. The second-order valence-electron chi connectivity index (χ2n) is 11.6. The monoisotopic (exact) mass is 509 g/mol. The first-order chi connectivity index (χ1) is 18.0. The summed E-state index contributed by atoms with van der Waals surface area (Å²) < 4.78 is 12.2. The van der Waals surface area contributed by atoms with E-state index in [1.54, 1.807) is 0 Å². The van der Waals surface area contributed by atoms with Gasteiger partial charge in [-0.1, -0.05) is 70.4 Å². The Morgan fingerprint density at radius 1 is 1.16 bits per heavy atom. The van der Waals surface area contributed by atoms with Crippen LogP contribution in [-0.2, 0) is 21.4 Å². The Kier molecular flexibility index (Phi) is 7.78. The highest BCUT2D eigenvalue weighted by atomic mass is 16.6. The number of carbonyl (C=O) groups excluding carboxylic acids is 2. The number of ketones is 1. The summed E-state index contributed by atoms with van der Waals surface area (Å²) in [6.07, 6.45) is 14.4. The molecule has 4 atom stereocenters. The normalized spacial score (nSPS) is 29.5. The fraction of sp³-hybridized carbons (Fsp3) is 0.677. The number of aliphatic hydroxyl groups is 1. The first-order valence-electron chi connectivity index (χ1n) is 14.6. The fourth-order valence-corrected chi connectivity index (χ4v) is 7.62. The van der Waals surface area contributed by atoms with Crippen LogP contribution in [-0.4, -0.2) is 52.6 Å². The Labute approximate surface area is 221 Å². The number of esters is 1. The van der Waals surface area contributed by atoms with E-state index in [9.17, 15) is 14.7 Å². The Balaban J connectivity index is 1.28. The zero-order valence-electron chi connectivity index (χ0n) is 22.4. The van der Waals surface area contributed by atoms with E-state index in [0.717, 1.165) is 36.9 Å². The molecule has 1 saturated heterocycles. The number of unbranched alkanes of at least 4 members (excludes halogenated alkanes) is 8. The second-order valence-corrected chi connectivity index (χ2v) is 11.6. The third-order valence-corrected chi connectivity index (χ3v) is 9.43. The summed E-state index contributed by atoms with van der Waals surface area (Å²) in [4.78, 5) is 28.2. The molecule has 0 aromatic heterocycles. The molecule has 0 radical (unpaired) electrons. The largest absolute Gasteiger partial charge is 0.477 e. The van der Waals surface area contributed by atoms with Crippen molar-refractivity contribution in [2.45, 2.75) is 120 Å². The molecule has 0 unspecified atom stereocenters. The molecule has 6 heteroatoms. The van der Waals surface area contributed by atoms with Crippen molar-refractivity contribution >= 4 is 11.8 Å². The number of benzene rings is 1. The first kappa shape index (κ1) is 26.4. The van der Waals surface area contributed by atoms with Crippen molar-refractivity contribution in [1.82, 2.24) is 4.90 Å². The molecule has 1 aromatic rings. The average molecular weight is 510 g/mol. The molecule has 4 aliphatic rings. The lowest BCUT2D eigenvalue weighted by atomic mass is 9.49. The number of hydrogen-bond donors (Lipinski definition) is 1. The van der Waals surface area contributed by atoms with Gasteiger partial charge in [0.25, 0.3) is 0 Å². The minimum absolute atomic E-state index is 0.0385. The molecule has 6 nitrogen and oxygen atoms in total. The van der Waals surface area contributed by atoms with Gasteiger partial charge in [-0.3, -0.25) is 14.5 Å². The molecular weight excluding hydrogens is 466 g/mol. The molecule has 5 rings (SSSR count). The molecule has 202 valence electrons. The Hall–Kier alpha value is -2.18. The minimum Gasteiger partial charge on any atom is -0.477 e. The van der Waals surface area contributed by atoms with E-state index in [1.807, 2.05) is 18.2 Å². The predicted molar refractivity (Wildman–Crippen MR) is 143 cm³/mol. The Morgan fingerprint density at radius 3 is 2.62 bits per heavy atom. The summed E-state index contributed by atoms with van der Waals surface area (Å²) >= 11 is 0. The van der Waals surface area contributed by atoms with Gasteiger partial charge in [-0.2, -0.15) is 0 Å². The van der Waals surface area contributed by atoms with Gasteiger partial charge in [0.1, 0.15) is 0 Å². The van der Waals surface area contributed by atoms with Crippen molar-refractivity contribution in [1.29, 1.82) is 0 Å². The maximum Gasteiger partial charge on any atom is 0.311 e. The van der Waals surface area contributed by atoms with Gasteiger partial charge in [0, 0.05) is 37.5 Å². The zero-order valence-corrected chi connectivity index (χ0v) is 22.4. The lowest BCUT2D eigenvalue weighted by Gasteiger charge is -2.62. The lowest BCUT2D eigenvalue weighted by Crippen LogP contribution is -2.76. The number of carbonyl (C=O) groups is 2. The zero-order chi connectivity index (χ0) is 26.0. The van der Waals surface area contributed by atoms with Crippen LogP contribution in [0.3, 0.4) is 0 Å². The second kappa shape index (κ2) is 10.9. The number of likely N-dealkylation sites (tertiary alicyclic amines) is 1. The van der Waals surface area contributed by atoms with Gasteiger partial charge < -0.3 is 14.6 Å². The number of piperidine rings is 1. The summed E-state index contributed by atoms with van der Waals surface area (Å²) in [5, 5.41) is 12.2. The van der Waals surface area contributed by atoms with Crippen molar-refractivity contribution in [3.8, 4) is 11.5 Å². The third-order valence-electron chi connectivity index (χ3n) is 9.43. The van der Waals surface area contributed by atoms with Crippen molar-refractivity contribution in [3.63, 3.8) is 0 Å². The SMILES string of the molecule is C=CCN1CC[C@]23c4c5ccc(OC(=O)CCCCCCCCCCC)c4O[C@H]2C(=O)CC[C@@]3(O)[C@@H]1C5. The molecule has 1 N–H and O–H groups in total. The minimum atomic E-state index is -1.05. The van der Waals surface area contributed by atoms with E-state index < -0.39 is 17.1 Å². The fourth-order valence-electron chi connectivity index (χ4n) is 7.62. The number of hydrogen-bond acceptors (Lipinski definition) is 6. The first-order valence-corrected chi connectivity index (χ1v) is 14.6. The van der Waals surface area contributed by atoms with E-state index in [0.29, 0.717) is 50.1 Å². The van der Waals surface area contributed by atoms with Gasteiger partial charge in [0.05, 0.1) is 11.0 Å². The van der Waals surface area contributed by atoms with Gasteiger partial charge in [-0.15, -0.1) is 6.58 Å². The number of rotatable bonds is 13. The van der Waals surface area contributed by atoms with Gasteiger partial charge in [0.15, 0.2) is 23.4 Å². The van der Waals surface area contributed by atoms with E-state index in [4.69, 9.17) is 9.47 Å². The molecule has 1 saturated carbocycles. The summed E-state index contributed by atoms with van der Waals surface area (Å²) in [7, 11) is 0. The molecule has 2 fully saturated rings. The molecule has 2 aliphatic heterocycles. The molecule has 37 heavy (non-hydrogen) atoms. The summed E-state index contributed by atoms with van der Waals surface area (Å²) in [6, 6.07) is 3.74. The van der Waals surface area contributed by atoms with Gasteiger partial charge in [-0.05, 0) is 37.3 Å². The van der Waals surface area contributed by atoms with Crippen molar-refractivity contribution in [3.05, 3.63) is 35.9 Å². The maximum atomic E-state index is 13.1. The van der Waals surface area contributed by atoms with Crippen molar-refractivity contribution < 1.29 is 24.2 Å². The standard InChI is InChI=1S/C31H43NO5/c1-3-5-6-7-8-9-10-11-12-13-26(34)36-24-15-14-22-21-25-31(35)17-16-23(33)29-30(31,27(22)28(24)37-29)18-20-32(25)19-4-2/h4,14-15,25,29,35H,2-3,5-13,16-21H2,1H3/t25-,29-,30-,31+/m0/s1. The van der Waals surface area contributed by atoms with Gasteiger partial charge in [0.2, 0.25) is 0 Å². The van der Waals surface area contributed by atoms with Crippen LogP contribution in [0.4, 0.5) is 0 Å². The summed E-state index contributed by atoms with van der Waals surface area (Å²) in [5.41, 5.74) is 0.183. The van der Waals surface area contributed by atoms with E-state index in [-0.39, 0.29) is 17.8 Å². The van der Waals surface area contributed by atoms with E-state index in [1.165, 1.54) is 38.5 Å². The number of nitrogens with zero attached hydrogens (tertiary/aromatic N) is 1. The topological polar surface area (TPSA) is 76.1 Å². The Bertz CT molecular complexity index is 1040. The highest BCUT2D eigenvalue weighted by Crippen LogP contribution is 2.64. The molecular formula is C31H43NO5. The van der Waals surface area contributed by atoms with Crippen LogP contribution >= 0.6 is 0 Å². The van der Waals surface area contributed by atoms with Crippen LogP contribution in [0.25, 0.3) is 0 Å². The Morgan fingerprint density at radius 2 is 1.89 bits per heavy atom. The third kappa shape index (κ3) is 4.44. The highest BCUT2D eigenvalue weighted by Gasteiger charge is 2.73. The number of Topliss-reactive ketones (excluding diaryl/α,β-unsaturated/α-hetero) is 1. The van der Waals surface area contributed by atoms with Crippen molar-refractivity contribution in [2.75, 3.05) is 13.1 Å². The molecule has 2 bridgehead atoms. The maximum absolute atomic E-state index is 13.1. The number of ether oxygens (including phenoxy) is 2. The van der Waals surface area contributed by atoms with Gasteiger partial charge in [-0.25, -0.2) is 0 Å². The van der Waals surface area contributed by atoms with E-state index in [2.05, 4.69) is 18.4 Å². The van der Waals surface area contributed by atoms with Crippen LogP contribution in [0.5, 0.6) is 11.5 Å². The van der Waals surface area contributed by atoms with Gasteiger partial charge >= 0.3 is 5.97 Å². The van der Waals surface area contributed by atoms with Crippen LogP contribution in [0, 0.1) is 0 Å².